The number of piperazine rings is 1. The van der Waals surface area contributed by atoms with Crippen molar-refractivity contribution in [1.82, 2.24) is 4.31 Å². The second kappa shape index (κ2) is 7.93. The second-order valence-electron chi connectivity index (χ2n) is 6.94. The summed E-state index contributed by atoms with van der Waals surface area (Å²) in [5, 5.41) is 1.82. The van der Waals surface area contributed by atoms with Crippen LogP contribution in [0.15, 0.2) is 65.6 Å². The first-order valence-electron chi connectivity index (χ1n) is 9.49. The Bertz CT molecular complexity index is 1120. The predicted octanol–water partition coefficient (Wildman–Crippen LogP) is 3.37. The summed E-state index contributed by atoms with van der Waals surface area (Å²) in [5.74, 6) is 1.55. The minimum absolute atomic E-state index is 0.320. The molecule has 1 aliphatic rings. The lowest BCUT2D eigenvalue weighted by atomic mass is 10.1. The molecule has 3 aromatic carbocycles. The Kier molecular flexibility index (Phi) is 5.34. The van der Waals surface area contributed by atoms with Crippen LogP contribution < -0.4 is 14.4 Å². The first-order valence-corrected chi connectivity index (χ1v) is 10.9. The van der Waals surface area contributed by atoms with E-state index in [1.807, 2.05) is 48.5 Å². The predicted molar refractivity (Wildman–Crippen MR) is 114 cm³/mol. The van der Waals surface area contributed by atoms with Gasteiger partial charge in [-0.05, 0) is 47.2 Å². The van der Waals surface area contributed by atoms with Crippen molar-refractivity contribution in [3.8, 4) is 11.5 Å². The van der Waals surface area contributed by atoms with E-state index in [4.69, 9.17) is 9.47 Å². The normalized spacial score (nSPS) is 15.4. The van der Waals surface area contributed by atoms with Crippen molar-refractivity contribution in [2.24, 2.45) is 0 Å². The molecule has 4 rings (SSSR count). The Labute approximate surface area is 171 Å². The monoisotopic (exact) mass is 412 g/mol. The van der Waals surface area contributed by atoms with Crippen molar-refractivity contribution in [2.75, 3.05) is 45.3 Å². The van der Waals surface area contributed by atoms with Crippen molar-refractivity contribution in [1.29, 1.82) is 0 Å². The highest BCUT2D eigenvalue weighted by Crippen LogP contribution is 2.30. The molecule has 0 bridgehead atoms. The van der Waals surface area contributed by atoms with Gasteiger partial charge in [0.05, 0.1) is 24.8 Å². The average molecular weight is 413 g/mol. The Morgan fingerprint density at radius 1 is 0.793 bits per heavy atom. The van der Waals surface area contributed by atoms with Gasteiger partial charge in [-0.2, -0.15) is 4.31 Å². The number of benzene rings is 3. The third kappa shape index (κ3) is 3.75. The van der Waals surface area contributed by atoms with Crippen molar-refractivity contribution >= 4 is 26.5 Å². The summed E-state index contributed by atoms with van der Waals surface area (Å²) in [4.78, 5) is 2.48. The maximum atomic E-state index is 13.2. The summed E-state index contributed by atoms with van der Waals surface area (Å²) in [6, 6.07) is 18.7. The molecule has 0 saturated carbocycles. The molecule has 0 atom stereocenters. The standard InChI is InChI=1S/C22H24N2O4S/c1-27-19-9-7-18-16-20(10-8-17(18)15-19)29(25,26)24-13-11-23(12-14-24)21-5-3-4-6-22(21)28-2/h3-10,15-16H,11-14H2,1-2H3. The number of hydrogen-bond donors (Lipinski definition) is 0. The number of para-hydroxylation sites is 2. The quantitative estimate of drug-likeness (QED) is 0.643. The van der Waals surface area contributed by atoms with Crippen LogP contribution in [0.2, 0.25) is 0 Å². The van der Waals surface area contributed by atoms with Gasteiger partial charge in [-0.25, -0.2) is 8.42 Å². The van der Waals surface area contributed by atoms with E-state index >= 15 is 0 Å². The van der Waals surface area contributed by atoms with Crippen LogP contribution in [0.3, 0.4) is 0 Å². The lowest BCUT2D eigenvalue weighted by Crippen LogP contribution is -2.48. The SMILES string of the molecule is COc1ccc2cc(S(=O)(=O)N3CCN(c4ccccc4OC)CC3)ccc2c1. The highest BCUT2D eigenvalue weighted by Gasteiger charge is 2.29. The molecule has 3 aromatic rings. The first-order chi connectivity index (χ1) is 14.0. The molecule has 0 unspecified atom stereocenters. The lowest BCUT2D eigenvalue weighted by molar-refractivity contribution is 0.378. The van der Waals surface area contributed by atoms with Gasteiger partial charge in [-0.1, -0.05) is 24.3 Å². The van der Waals surface area contributed by atoms with Crippen LogP contribution in [0.25, 0.3) is 10.8 Å². The van der Waals surface area contributed by atoms with Gasteiger partial charge in [0.2, 0.25) is 10.0 Å². The van der Waals surface area contributed by atoms with E-state index in [2.05, 4.69) is 4.90 Å². The molecule has 0 N–H and O–H groups in total. The number of ether oxygens (including phenoxy) is 2. The van der Waals surface area contributed by atoms with E-state index in [0.29, 0.717) is 31.1 Å². The minimum Gasteiger partial charge on any atom is -0.497 e. The van der Waals surface area contributed by atoms with Crippen LogP contribution >= 0.6 is 0 Å². The minimum atomic E-state index is -3.55. The number of fused-ring (bicyclic) bond motifs is 1. The van der Waals surface area contributed by atoms with E-state index in [0.717, 1.165) is 28.0 Å². The van der Waals surface area contributed by atoms with Crippen molar-refractivity contribution in [2.45, 2.75) is 4.90 Å². The summed E-state index contributed by atoms with van der Waals surface area (Å²) in [7, 11) is -0.283. The highest BCUT2D eigenvalue weighted by atomic mass is 32.2. The van der Waals surface area contributed by atoms with Crippen molar-refractivity contribution in [3.63, 3.8) is 0 Å². The van der Waals surface area contributed by atoms with Crippen LogP contribution in [0.1, 0.15) is 0 Å². The van der Waals surface area contributed by atoms with E-state index in [-0.39, 0.29) is 0 Å². The summed E-state index contributed by atoms with van der Waals surface area (Å²) >= 11 is 0. The fourth-order valence-corrected chi connectivity index (χ4v) is 5.16. The molecule has 1 saturated heterocycles. The Hall–Kier alpha value is -2.77. The molecule has 1 aliphatic heterocycles. The van der Waals surface area contributed by atoms with Gasteiger partial charge in [0, 0.05) is 26.2 Å². The zero-order chi connectivity index (χ0) is 20.4. The largest absolute Gasteiger partial charge is 0.497 e. The summed E-state index contributed by atoms with van der Waals surface area (Å²) in [6.45, 7) is 2.09. The van der Waals surface area contributed by atoms with E-state index in [1.165, 1.54) is 0 Å². The second-order valence-corrected chi connectivity index (χ2v) is 8.88. The Morgan fingerprint density at radius 2 is 1.48 bits per heavy atom. The fourth-order valence-electron chi connectivity index (χ4n) is 3.70. The number of sulfonamides is 1. The molecule has 152 valence electrons. The maximum absolute atomic E-state index is 13.2. The van der Waals surface area contributed by atoms with Crippen LogP contribution in [-0.4, -0.2) is 53.1 Å². The van der Waals surface area contributed by atoms with Gasteiger partial charge in [0.15, 0.2) is 0 Å². The zero-order valence-electron chi connectivity index (χ0n) is 16.5. The zero-order valence-corrected chi connectivity index (χ0v) is 17.4. The third-order valence-corrected chi connectivity index (χ3v) is 7.22. The van der Waals surface area contributed by atoms with E-state index in [9.17, 15) is 8.42 Å². The van der Waals surface area contributed by atoms with Gasteiger partial charge in [-0.15, -0.1) is 0 Å². The Balaban J connectivity index is 1.54. The molecule has 0 aliphatic carbocycles. The number of anilines is 1. The van der Waals surface area contributed by atoms with Gasteiger partial charge in [0.1, 0.15) is 11.5 Å². The average Bonchev–Trinajstić information content (AvgIpc) is 2.78. The molecule has 0 amide bonds. The number of methoxy groups -OCH3 is 2. The summed E-state index contributed by atoms with van der Waals surface area (Å²) in [6.07, 6.45) is 0. The molecular weight excluding hydrogens is 388 g/mol. The third-order valence-electron chi connectivity index (χ3n) is 5.32. The van der Waals surface area contributed by atoms with Crippen LogP contribution in [0, 0.1) is 0 Å². The molecule has 1 heterocycles. The van der Waals surface area contributed by atoms with Crippen molar-refractivity contribution in [3.05, 3.63) is 60.7 Å². The van der Waals surface area contributed by atoms with Gasteiger partial charge in [-0.3, -0.25) is 0 Å². The van der Waals surface area contributed by atoms with Crippen molar-refractivity contribution < 1.29 is 17.9 Å². The smallest absolute Gasteiger partial charge is 0.243 e. The molecule has 0 radical (unpaired) electrons. The Morgan fingerprint density at radius 3 is 2.21 bits per heavy atom. The molecule has 7 heteroatoms. The summed E-state index contributed by atoms with van der Waals surface area (Å²) < 4.78 is 38.6. The van der Waals surface area contributed by atoms with Crippen LogP contribution in [-0.2, 0) is 10.0 Å². The lowest BCUT2D eigenvalue weighted by Gasteiger charge is -2.36. The van der Waals surface area contributed by atoms with E-state index < -0.39 is 10.0 Å². The van der Waals surface area contributed by atoms with Gasteiger partial charge < -0.3 is 14.4 Å². The molecule has 0 aromatic heterocycles. The molecule has 6 nitrogen and oxygen atoms in total. The fraction of sp³-hybridized carbons (Fsp3) is 0.273. The van der Waals surface area contributed by atoms with Gasteiger partial charge >= 0.3 is 0 Å². The van der Waals surface area contributed by atoms with Crippen LogP contribution in [0.4, 0.5) is 5.69 Å². The molecule has 0 spiro atoms. The van der Waals surface area contributed by atoms with E-state index in [1.54, 1.807) is 30.7 Å². The number of rotatable bonds is 5. The molecule has 1 fully saturated rings. The molecule has 29 heavy (non-hydrogen) atoms. The number of nitrogens with zero attached hydrogens (tertiary/aromatic N) is 2. The highest BCUT2D eigenvalue weighted by molar-refractivity contribution is 7.89. The summed E-state index contributed by atoms with van der Waals surface area (Å²) in [5.41, 5.74) is 0.992. The van der Waals surface area contributed by atoms with Crippen LogP contribution in [0.5, 0.6) is 11.5 Å². The first kappa shape index (κ1) is 19.5. The topological polar surface area (TPSA) is 59.1 Å². The molecular formula is C22H24N2O4S. The maximum Gasteiger partial charge on any atom is 0.243 e. The van der Waals surface area contributed by atoms with Gasteiger partial charge in [0.25, 0.3) is 0 Å². The number of hydrogen-bond acceptors (Lipinski definition) is 5.